The van der Waals surface area contributed by atoms with Crippen molar-refractivity contribution >= 4 is 5.69 Å². The molecule has 0 aromatic heterocycles. The smallest absolute Gasteiger partial charge is 0.0625 e. The molecule has 1 unspecified atom stereocenters. The topological polar surface area (TPSA) is 27.0 Å². The molecule has 0 aliphatic carbocycles. The van der Waals surface area contributed by atoms with Gasteiger partial charge in [-0.2, -0.15) is 5.26 Å². The minimum absolute atomic E-state index is 0.551. The standard InChI is InChI=1S/C15H20N2/c1-12-8-13(2)10-15(9-12)17-7-3-4-14(11-17)5-6-16/h8-10,14H,3-5,7,11H2,1-2H3. The van der Waals surface area contributed by atoms with Gasteiger partial charge in [0.25, 0.3) is 0 Å². The van der Waals surface area contributed by atoms with E-state index in [1.165, 1.54) is 29.7 Å². The van der Waals surface area contributed by atoms with Crippen LogP contribution in [-0.4, -0.2) is 13.1 Å². The van der Waals surface area contributed by atoms with Gasteiger partial charge in [-0.15, -0.1) is 0 Å². The van der Waals surface area contributed by atoms with Crippen LogP contribution in [0.1, 0.15) is 30.4 Å². The average Bonchev–Trinajstić information content (AvgIpc) is 2.28. The summed E-state index contributed by atoms with van der Waals surface area (Å²) in [5.74, 6) is 0.551. The van der Waals surface area contributed by atoms with Gasteiger partial charge in [0.1, 0.15) is 0 Å². The molecule has 2 rings (SSSR count). The van der Waals surface area contributed by atoms with Crippen molar-refractivity contribution in [1.29, 1.82) is 5.26 Å². The molecule has 1 aliphatic rings. The Kier molecular flexibility index (Phi) is 3.68. The van der Waals surface area contributed by atoms with Crippen LogP contribution in [0.4, 0.5) is 5.69 Å². The lowest BCUT2D eigenvalue weighted by Gasteiger charge is -2.34. The molecule has 1 atom stereocenters. The molecule has 2 heteroatoms. The van der Waals surface area contributed by atoms with Gasteiger partial charge in [-0.05, 0) is 55.9 Å². The van der Waals surface area contributed by atoms with Crippen LogP contribution < -0.4 is 4.90 Å². The van der Waals surface area contributed by atoms with Gasteiger partial charge < -0.3 is 4.90 Å². The Bertz CT molecular complexity index is 411. The van der Waals surface area contributed by atoms with Gasteiger partial charge >= 0.3 is 0 Å². The average molecular weight is 228 g/mol. The number of aryl methyl sites for hydroxylation is 2. The summed E-state index contributed by atoms with van der Waals surface area (Å²) < 4.78 is 0. The molecule has 17 heavy (non-hydrogen) atoms. The highest BCUT2D eigenvalue weighted by atomic mass is 15.1. The summed E-state index contributed by atoms with van der Waals surface area (Å²) in [7, 11) is 0. The van der Waals surface area contributed by atoms with Gasteiger partial charge in [-0.3, -0.25) is 0 Å². The van der Waals surface area contributed by atoms with E-state index in [0.717, 1.165) is 13.1 Å². The quantitative estimate of drug-likeness (QED) is 0.775. The van der Waals surface area contributed by atoms with Crippen LogP contribution in [0.25, 0.3) is 0 Å². The Morgan fingerprint density at radius 2 is 2.00 bits per heavy atom. The van der Waals surface area contributed by atoms with Crippen molar-refractivity contribution in [3.63, 3.8) is 0 Å². The monoisotopic (exact) mass is 228 g/mol. The van der Waals surface area contributed by atoms with E-state index >= 15 is 0 Å². The zero-order chi connectivity index (χ0) is 12.3. The predicted molar refractivity (Wildman–Crippen MR) is 71.1 cm³/mol. The first kappa shape index (κ1) is 12.0. The molecule has 0 amide bonds. The Morgan fingerprint density at radius 1 is 1.29 bits per heavy atom. The first-order valence-corrected chi connectivity index (χ1v) is 6.39. The molecule has 1 aromatic rings. The van der Waals surface area contributed by atoms with E-state index in [9.17, 15) is 0 Å². The SMILES string of the molecule is Cc1cc(C)cc(N2CCCC(CC#N)C2)c1. The minimum atomic E-state index is 0.551. The van der Waals surface area contributed by atoms with Crippen LogP contribution in [0.3, 0.4) is 0 Å². The maximum absolute atomic E-state index is 8.80. The fraction of sp³-hybridized carbons (Fsp3) is 0.533. The van der Waals surface area contributed by atoms with Crippen molar-refractivity contribution in [3.8, 4) is 6.07 Å². The number of hydrogen-bond acceptors (Lipinski definition) is 2. The van der Waals surface area contributed by atoms with Crippen LogP contribution >= 0.6 is 0 Å². The van der Waals surface area contributed by atoms with Crippen molar-refractivity contribution in [2.24, 2.45) is 5.92 Å². The normalized spacial score (nSPS) is 20.1. The summed E-state index contributed by atoms with van der Waals surface area (Å²) in [6.45, 7) is 6.46. The molecule has 0 radical (unpaired) electrons. The number of benzene rings is 1. The van der Waals surface area contributed by atoms with Crippen LogP contribution in [0, 0.1) is 31.1 Å². The summed E-state index contributed by atoms with van der Waals surface area (Å²) in [5.41, 5.74) is 3.97. The summed E-state index contributed by atoms with van der Waals surface area (Å²) in [6, 6.07) is 9.02. The van der Waals surface area contributed by atoms with E-state index in [1.54, 1.807) is 0 Å². The fourth-order valence-corrected chi connectivity index (χ4v) is 2.73. The number of piperidine rings is 1. The highest BCUT2D eigenvalue weighted by molar-refractivity contribution is 5.51. The Morgan fingerprint density at radius 3 is 2.65 bits per heavy atom. The first-order valence-electron chi connectivity index (χ1n) is 6.39. The summed E-state index contributed by atoms with van der Waals surface area (Å²) in [4.78, 5) is 2.44. The molecule has 90 valence electrons. The van der Waals surface area contributed by atoms with Crippen LogP contribution in [-0.2, 0) is 0 Å². The summed E-state index contributed by atoms with van der Waals surface area (Å²) >= 11 is 0. The van der Waals surface area contributed by atoms with Crippen molar-refractivity contribution in [1.82, 2.24) is 0 Å². The van der Waals surface area contributed by atoms with E-state index in [-0.39, 0.29) is 0 Å². The number of nitrogens with zero attached hydrogens (tertiary/aromatic N) is 2. The molecule has 1 aliphatic heterocycles. The lowest BCUT2D eigenvalue weighted by molar-refractivity contribution is 0.422. The van der Waals surface area contributed by atoms with Crippen LogP contribution in [0.15, 0.2) is 18.2 Å². The molecule has 0 N–H and O–H groups in total. The highest BCUT2D eigenvalue weighted by Crippen LogP contribution is 2.26. The molecule has 1 aromatic carbocycles. The maximum atomic E-state index is 8.80. The molecular formula is C15H20N2. The lowest BCUT2D eigenvalue weighted by Crippen LogP contribution is -2.35. The van der Waals surface area contributed by atoms with Gasteiger partial charge in [0.2, 0.25) is 0 Å². The molecule has 2 nitrogen and oxygen atoms in total. The third-order valence-corrected chi connectivity index (χ3v) is 3.47. The number of anilines is 1. The molecule has 1 fully saturated rings. The summed E-state index contributed by atoms with van der Waals surface area (Å²) in [5, 5.41) is 8.80. The highest BCUT2D eigenvalue weighted by Gasteiger charge is 2.20. The van der Waals surface area contributed by atoms with E-state index in [4.69, 9.17) is 5.26 Å². The minimum Gasteiger partial charge on any atom is -0.371 e. The molecule has 0 bridgehead atoms. The van der Waals surface area contributed by atoms with Gasteiger partial charge in [0.05, 0.1) is 6.07 Å². The molecule has 1 saturated heterocycles. The van der Waals surface area contributed by atoms with Gasteiger partial charge in [-0.25, -0.2) is 0 Å². The second-order valence-electron chi connectivity index (χ2n) is 5.16. The Balaban J connectivity index is 2.13. The summed E-state index contributed by atoms with van der Waals surface area (Å²) in [6.07, 6.45) is 3.11. The second kappa shape index (κ2) is 5.23. The third-order valence-electron chi connectivity index (χ3n) is 3.47. The Labute approximate surface area is 104 Å². The van der Waals surface area contributed by atoms with E-state index in [1.807, 2.05) is 0 Å². The van der Waals surface area contributed by atoms with Crippen molar-refractivity contribution in [2.75, 3.05) is 18.0 Å². The van der Waals surface area contributed by atoms with Gasteiger partial charge in [0.15, 0.2) is 0 Å². The van der Waals surface area contributed by atoms with Crippen molar-refractivity contribution in [2.45, 2.75) is 33.1 Å². The van der Waals surface area contributed by atoms with E-state index < -0.39 is 0 Å². The van der Waals surface area contributed by atoms with Crippen LogP contribution in [0.5, 0.6) is 0 Å². The van der Waals surface area contributed by atoms with E-state index in [0.29, 0.717) is 12.3 Å². The van der Waals surface area contributed by atoms with Gasteiger partial charge in [0, 0.05) is 25.2 Å². The molecule has 0 saturated carbocycles. The number of nitriles is 1. The van der Waals surface area contributed by atoms with E-state index in [2.05, 4.69) is 43.0 Å². The number of rotatable bonds is 2. The number of hydrogen-bond donors (Lipinski definition) is 0. The molecule has 1 heterocycles. The zero-order valence-electron chi connectivity index (χ0n) is 10.7. The predicted octanol–water partition coefficient (Wildman–Crippen LogP) is 3.43. The Hall–Kier alpha value is -1.49. The first-order chi connectivity index (χ1) is 8.19. The maximum Gasteiger partial charge on any atom is 0.0625 e. The lowest BCUT2D eigenvalue weighted by atomic mass is 9.94. The zero-order valence-corrected chi connectivity index (χ0v) is 10.7. The second-order valence-corrected chi connectivity index (χ2v) is 5.16. The third kappa shape index (κ3) is 3.00. The van der Waals surface area contributed by atoms with Crippen LogP contribution in [0.2, 0.25) is 0 Å². The molecule has 0 spiro atoms. The van der Waals surface area contributed by atoms with Crippen molar-refractivity contribution < 1.29 is 0 Å². The fourth-order valence-electron chi connectivity index (χ4n) is 2.73. The largest absolute Gasteiger partial charge is 0.371 e. The van der Waals surface area contributed by atoms with Crippen molar-refractivity contribution in [3.05, 3.63) is 29.3 Å². The van der Waals surface area contributed by atoms with Gasteiger partial charge in [-0.1, -0.05) is 6.07 Å². The molecular weight excluding hydrogens is 208 g/mol.